The molecule has 19 heavy (non-hydrogen) atoms. The summed E-state index contributed by atoms with van der Waals surface area (Å²) in [4.78, 5) is 4.35. The minimum absolute atomic E-state index is 0.586. The van der Waals surface area contributed by atoms with Gasteiger partial charge in [-0.2, -0.15) is 0 Å². The first-order valence-corrected chi connectivity index (χ1v) is 6.88. The average molecular weight is 335 g/mol. The lowest BCUT2D eigenvalue weighted by molar-refractivity contribution is 0.488. The van der Waals surface area contributed by atoms with E-state index < -0.39 is 0 Å². The Kier molecular flexibility index (Phi) is 3.40. The molecule has 0 aliphatic heterocycles. The van der Waals surface area contributed by atoms with Crippen LogP contribution in [-0.2, 0) is 0 Å². The summed E-state index contributed by atoms with van der Waals surface area (Å²) >= 11 is 9.59. The molecular weight excluding hydrogens is 326 g/mol. The molecule has 94 valence electrons. The second-order valence-corrected chi connectivity index (χ2v) is 5.24. The Morgan fingerprint density at radius 2 is 1.79 bits per heavy atom. The lowest BCUT2D eigenvalue weighted by atomic mass is 10.2. The van der Waals surface area contributed by atoms with Crippen LogP contribution in [0.3, 0.4) is 0 Å². The maximum Gasteiger partial charge on any atom is 0.146 e. The number of hydrogen-bond acceptors (Lipinski definition) is 2. The molecule has 3 aromatic rings. The average Bonchev–Trinajstić information content (AvgIpc) is 2.42. The molecule has 3 rings (SSSR count). The summed E-state index contributed by atoms with van der Waals surface area (Å²) in [6.45, 7) is 0. The number of benzene rings is 2. The zero-order valence-electron chi connectivity index (χ0n) is 9.81. The maximum atomic E-state index is 6.11. The van der Waals surface area contributed by atoms with E-state index in [4.69, 9.17) is 16.3 Å². The molecule has 0 radical (unpaired) electrons. The van der Waals surface area contributed by atoms with Gasteiger partial charge in [-0.25, -0.2) is 0 Å². The van der Waals surface area contributed by atoms with Gasteiger partial charge in [0, 0.05) is 16.1 Å². The molecule has 1 heterocycles. The van der Waals surface area contributed by atoms with Gasteiger partial charge in [0.2, 0.25) is 0 Å². The standard InChI is InChI=1S/C15H9BrClNO/c16-11-5-3-4-10-13(8-9-18-15(10)11)19-14-7-2-1-6-12(14)17/h1-9H. The van der Waals surface area contributed by atoms with Crippen molar-refractivity contribution in [3.05, 3.63) is 64.2 Å². The van der Waals surface area contributed by atoms with Gasteiger partial charge in [0.25, 0.3) is 0 Å². The summed E-state index contributed by atoms with van der Waals surface area (Å²) < 4.78 is 6.82. The third kappa shape index (κ3) is 2.44. The fourth-order valence-corrected chi connectivity index (χ4v) is 2.49. The first kappa shape index (κ1) is 12.5. The molecule has 0 amide bonds. The first-order valence-electron chi connectivity index (χ1n) is 5.71. The van der Waals surface area contributed by atoms with Gasteiger partial charge in [-0.1, -0.05) is 29.8 Å². The highest BCUT2D eigenvalue weighted by molar-refractivity contribution is 9.10. The van der Waals surface area contributed by atoms with Crippen LogP contribution in [0.2, 0.25) is 5.02 Å². The number of nitrogens with zero attached hydrogens (tertiary/aromatic N) is 1. The fourth-order valence-electron chi connectivity index (χ4n) is 1.85. The Hall–Kier alpha value is -1.58. The van der Waals surface area contributed by atoms with Gasteiger partial charge in [-0.15, -0.1) is 0 Å². The Bertz CT molecular complexity index is 745. The van der Waals surface area contributed by atoms with Crippen LogP contribution in [0.1, 0.15) is 0 Å². The molecule has 0 aliphatic carbocycles. The molecule has 0 fully saturated rings. The van der Waals surface area contributed by atoms with Gasteiger partial charge in [0.15, 0.2) is 0 Å². The summed E-state index contributed by atoms with van der Waals surface area (Å²) in [7, 11) is 0. The van der Waals surface area contributed by atoms with E-state index in [0.29, 0.717) is 10.8 Å². The number of ether oxygens (including phenoxy) is 1. The van der Waals surface area contributed by atoms with Gasteiger partial charge in [-0.05, 0) is 46.3 Å². The Labute approximate surface area is 124 Å². The second kappa shape index (κ2) is 5.19. The molecule has 0 bridgehead atoms. The molecule has 0 aliphatic rings. The Morgan fingerprint density at radius 3 is 2.63 bits per heavy atom. The van der Waals surface area contributed by atoms with E-state index in [-0.39, 0.29) is 0 Å². The van der Waals surface area contributed by atoms with E-state index >= 15 is 0 Å². The van der Waals surface area contributed by atoms with Crippen molar-refractivity contribution in [2.75, 3.05) is 0 Å². The third-order valence-electron chi connectivity index (χ3n) is 2.74. The maximum absolute atomic E-state index is 6.11. The van der Waals surface area contributed by atoms with Gasteiger partial charge >= 0.3 is 0 Å². The lowest BCUT2D eigenvalue weighted by Gasteiger charge is -2.10. The van der Waals surface area contributed by atoms with Crippen LogP contribution < -0.4 is 4.74 Å². The highest BCUT2D eigenvalue weighted by Crippen LogP contribution is 2.34. The van der Waals surface area contributed by atoms with E-state index in [2.05, 4.69) is 20.9 Å². The zero-order valence-corrected chi connectivity index (χ0v) is 12.1. The van der Waals surface area contributed by atoms with Crippen molar-refractivity contribution in [3.8, 4) is 11.5 Å². The highest BCUT2D eigenvalue weighted by Gasteiger charge is 2.08. The van der Waals surface area contributed by atoms with Crippen molar-refractivity contribution in [1.29, 1.82) is 0 Å². The molecule has 1 aromatic heterocycles. The summed E-state index contributed by atoms with van der Waals surface area (Å²) in [6, 6.07) is 15.1. The van der Waals surface area contributed by atoms with Crippen LogP contribution in [0.25, 0.3) is 10.9 Å². The van der Waals surface area contributed by atoms with Crippen molar-refractivity contribution >= 4 is 38.4 Å². The number of halogens is 2. The van der Waals surface area contributed by atoms with Gasteiger partial charge in [-0.3, -0.25) is 4.98 Å². The van der Waals surface area contributed by atoms with E-state index in [9.17, 15) is 0 Å². The Morgan fingerprint density at radius 1 is 0.947 bits per heavy atom. The van der Waals surface area contributed by atoms with E-state index in [1.807, 2.05) is 42.5 Å². The van der Waals surface area contributed by atoms with E-state index in [1.165, 1.54) is 0 Å². The number of aromatic nitrogens is 1. The normalized spacial score (nSPS) is 10.6. The molecule has 2 aromatic carbocycles. The van der Waals surface area contributed by atoms with Gasteiger partial charge in [0.05, 0.1) is 10.5 Å². The largest absolute Gasteiger partial charge is 0.455 e. The van der Waals surface area contributed by atoms with E-state index in [0.717, 1.165) is 21.1 Å². The van der Waals surface area contributed by atoms with Crippen LogP contribution in [0, 0.1) is 0 Å². The molecule has 0 spiro atoms. The monoisotopic (exact) mass is 333 g/mol. The number of fused-ring (bicyclic) bond motifs is 1. The number of pyridine rings is 1. The van der Waals surface area contributed by atoms with Crippen LogP contribution in [0.4, 0.5) is 0 Å². The summed E-state index contributed by atoms with van der Waals surface area (Å²) in [5, 5.41) is 1.53. The summed E-state index contributed by atoms with van der Waals surface area (Å²) in [5.74, 6) is 1.37. The number of hydrogen-bond donors (Lipinski definition) is 0. The highest BCUT2D eigenvalue weighted by atomic mass is 79.9. The quantitative estimate of drug-likeness (QED) is 0.622. The smallest absolute Gasteiger partial charge is 0.146 e. The first-order chi connectivity index (χ1) is 9.25. The van der Waals surface area contributed by atoms with Gasteiger partial charge in [0.1, 0.15) is 11.5 Å². The predicted octanol–water partition coefficient (Wildman–Crippen LogP) is 5.44. The van der Waals surface area contributed by atoms with Crippen LogP contribution in [0.15, 0.2) is 59.2 Å². The molecule has 0 saturated heterocycles. The predicted molar refractivity (Wildman–Crippen MR) is 81.0 cm³/mol. The van der Waals surface area contributed by atoms with Gasteiger partial charge < -0.3 is 4.74 Å². The molecule has 0 unspecified atom stereocenters. The summed E-state index contributed by atoms with van der Waals surface area (Å²) in [5.41, 5.74) is 0.868. The molecular formula is C15H9BrClNO. The molecule has 0 atom stereocenters. The number of rotatable bonds is 2. The minimum Gasteiger partial charge on any atom is -0.455 e. The SMILES string of the molecule is Clc1ccccc1Oc1ccnc2c(Br)cccc12. The second-order valence-electron chi connectivity index (χ2n) is 3.98. The Balaban J connectivity index is 2.12. The van der Waals surface area contributed by atoms with Crippen molar-refractivity contribution in [2.24, 2.45) is 0 Å². The topological polar surface area (TPSA) is 22.1 Å². The van der Waals surface area contributed by atoms with Crippen LogP contribution >= 0.6 is 27.5 Å². The van der Waals surface area contributed by atoms with E-state index in [1.54, 1.807) is 12.3 Å². The van der Waals surface area contributed by atoms with Crippen molar-refractivity contribution in [3.63, 3.8) is 0 Å². The molecule has 2 nitrogen and oxygen atoms in total. The molecule has 0 saturated carbocycles. The van der Waals surface area contributed by atoms with Crippen LogP contribution in [0.5, 0.6) is 11.5 Å². The minimum atomic E-state index is 0.586. The zero-order chi connectivity index (χ0) is 13.2. The molecule has 0 N–H and O–H groups in total. The lowest BCUT2D eigenvalue weighted by Crippen LogP contribution is -1.88. The molecule has 4 heteroatoms. The fraction of sp³-hybridized carbons (Fsp3) is 0. The number of para-hydroxylation sites is 2. The van der Waals surface area contributed by atoms with Crippen molar-refractivity contribution in [2.45, 2.75) is 0 Å². The van der Waals surface area contributed by atoms with Crippen molar-refractivity contribution < 1.29 is 4.74 Å². The third-order valence-corrected chi connectivity index (χ3v) is 3.69. The summed E-state index contributed by atoms with van der Waals surface area (Å²) in [6.07, 6.45) is 1.72. The van der Waals surface area contributed by atoms with Crippen LogP contribution in [-0.4, -0.2) is 4.98 Å². The van der Waals surface area contributed by atoms with Crippen molar-refractivity contribution in [1.82, 2.24) is 4.98 Å².